The minimum absolute atomic E-state index is 0.147. The topological polar surface area (TPSA) is 24.5 Å². The first-order valence-corrected chi connectivity index (χ1v) is 5.57. The number of rotatable bonds is 4. The summed E-state index contributed by atoms with van der Waals surface area (Å²) < 4.78 is 39.9. The van der Waals surface area contributed by atoms with E-state index in [4.69, 9.17) is 0 Å². The number of nitrogens with one attached hydrogen (secondary N) is 1. The lowest BCUT2D eigenvalue weighted by molar-refractivity contribution is -0.174. The molecular formula is C10H19F3N2O. The molecule has 1 aliphatic heterocycles. The van der Waals surface area contributed by atoms with Crippen molar-refractivity contribution in [3.63, 3.8) is 0 Å². The van der Waals surface area contributed by atoms with Crippen molar-refractivity contribution < 1.29 is 17.9 Å². The van der Waals surface area contributed by atoms with Crippen LogP contribution in [0.5, 0.6) is 0 Å². The number of hydrogen-bond acceptors (Lipinski definition) is 3. The van der Waals surface area contributed by atoms with Gasteiger partial charge < -0.3 is 10.1 Å². The first-order valence-electron chi connectivity index (χ1n) is 5.57. The van der Waals surface area contributed by atoms with Gasteiger partial charge >= 0.3 is 6.18 Å². The van der Waals surface area contributed by atoms with Gasteiger partial charge in [0, 0.05) is 25.7 Å². The van der Waals surface area contributed by atoms with Crippen LogP contribution in [-0.4, -0.2) is 56.5 Å². The molecule has 1 rings (SSSR count). The summed E-state index contributed by atoms with van der Waals surface area (Å²) in [4.78, 5) is 2.13. The molecule has 0 bridgehead atoms. The second-order valence-electron chi connectivity index (χ2n) is 4.15. The Balaban J connectivity index is 2.08. The maximum absolute atomic E-state index is 11.8. The van der Waals surface area contributed by atoms with E-state index in [-0.39, 0.29) is 6.61 Å². The summed E-state index contributed by atoms with van der Waals surface area (Å²) in [5.41, 5.74) is 0. The molecule has 1 fully saturated rings. The van der Waals surface area contributed by atoms with Crippen LogP contribution in [-0.2, 0) is 4.74 Å². The fourth-order valence-corrected chi connectivity index (χ4v) is 1.66. The van der Waals surface area contributed by atoms with E-state index in [1.807, 2.05) is 0 Å². The highest BCUT2D eigenvalue weighted by Gasteiger charge is 2.27. The number of hydrogen-bond donors (Lipinski definition) is 1. The van der Waals surface area contributed by atoms with Crippen LogP contribution in [0.4, 0.5) is 13.2 Å². The molecule has 3 nitrogen and oxygen atoms in total. The summed E-state index contributed by atoms with van der Waals surface area (Å²) in [6.07, 6.45) is -3.19. The van der Waals surface area contributed by atoms with Gasteiger partial charge in [-0.3, -0.25) is 4.90 Å². The minimum atomic E-state index is -4.21. The van der Waals surface area contributed by atoms with Gasteiger partial charge in [-0.25, -0.2) is 0 Å². The molecule has 1 atom stereocenters. The highest BCUT2D eigenvalue weighted by atomic mass is 19.4. The Labute approximate surface area is 93.9 Å². The Kier molecular flexibility index (Phi) is 5.51. The van der Waals surface area contributed by atoms with Crippen LogP contribution in [0.3, 0.4) is 0 Å². The molecule has 0 aromatic heterocycles. The maximum atomic E-state index is 11.8. The number of ether oxygens (including phenoxy) is 1. The Bertz CT molecular complexity index is 199. The molecule has 0 spiro atoms. The van der Waals surface area contributed by atoms with Crippen LogP contribution in [0.1, 0.15) is 13.3 Å². The normalized spacial score (nSPS) is 24.4. The smallest absolute Gasteiger partial charge is 0.371 e. The summed E-state index contributed by atoms with van der Waals surface area (Å²) >= 11 is 0. The summed E-state index contributed by atoms with van der Waals surface area (Å²) in [7, 11) is 0. The van der Waals surface area contributed by atoms with Crippen molar-refractivity contribution in [2.24, 2.45) is 0 Å². The summed E-state index contributed by atoms with van der Waals surface area (Å²) in [5, 5.41) is 3.33. The molecule has 1 heterocycles. The average molecular weight is 240 g/mol. The maximum Gasteiger partial charge on any atom is 0.411 e. The second-order valence-corrected chi connectivity index (χ2v) is 4.15. The number of nitrogens with zero attached hydrogens (tertiary/aromatic N) is 1. The van der Waals surface area contributed by atoms with Crippen LogP contribution in [0, 0.1) is 0 Å². The summed E-state index contributed by atoms with van der Waals surface area (Å²) in [6, 6.07) is 0.487. The van der Waals surface area contributed by atoms with Crippen LogP contribution in [0.25, 0.3) is 0 Å². The SMILES string of the molecule is CC1CCN(CCOCC(F)(F)F)CCN1. The predicted octanol–water partition coefficient (Wildman–Crippen LogP) is 1.25. The fourth-order valence-electron chi connectivity index (χ4n) is 1.66. The zero-order valence-electron chi connectivity index (χ0n) is 9.52. The van der Waals surface area contributed by atoms with Gasteiger partial charge in [-0.05, 0) is 19.9 Å². The van der Waals surface area contributed by atoms with Crippen molar-refractivity contribution in [2.45, 2.75) is 25.6 Å². The van der Waals surface area contributed by atoms with Gasteiger partial charge in [0.05, 0.1) is 6.61 Å². The Morgan fingerprint density at radius 1 is 1.38 bits per heavy atom. The molecule has 1 N–H and O–H groups in total. The van der Waals surface area contributed by atoms with E-state index in [1.54, 1.807) is 0 Å². The molecule has 1 aliphatic rings. The quantitative estimate of drug-likeness (QED) is 0.748. The monoisotopic (exact) mass is 240 g/mol. The molecule has 1 unspecified atom stereocenters. The Morgan fingerprint density at radius 2 is 2.12 bits per heavy atom. The second kappa shape index (κ2) is 6.42. The average Bonchev–Trinajstić information content (AvgIpc) is 2.37. The minimum Gasteiger partial charge on any atom is -0.371 e. The molecule has 0 aromatic carbocycles. The molecule has 96 valence electrons. The third-order valence-electron chi connectivity index (χ3n) is 2.62. The van der Waals surface area contributed by atoms with E-state index in [0.29, 0.717) is 12.6 Å². The van der Waals surface area contributed by atoms with Gasteiger partial charge in [-0.2, -0.15) is 13.2 Å². The molecule has 0 aromatic rings. The van der Waals surface area contributed by atoms with Crippen LogP contribution >= 0.6 is 0 Å². The van der Waals surface area contributed by atoms with Gasteiger partial charge in [-0.15, -0.1) is 0 Å². The van der Waals surface area contributed by atoms with Crippen molar-refractivity contribution in [3.8, 4) is 0 Å². The van der Waals surface area contributed by atoms with E-state index < -0.39 is 12.8 Å². The summed E-state index contributed by atoms with van der Waals surface area (Å²) in [6.45, 7) is 4.38. The zero-order valence-corrected chi connectivity index (χ0v) is 9.52. The first kappa shape index (κ1) is 13.7. The lowest BCUT2D eigenvalue weighted by atomic mass is 10.2. The van der Waals surface area contributed by atoms with Crippen molar-refractivity contribution >= 4 is 0 Å². The van der Waals surface area contributed by atoms with Gasteiger partial charge in [0.2, 0.25) is 0 Å². The van der Waals surface area contributed by atoms with Gasteiger partial charge in [0.1, 0.15) is 6.61 Å². The van der Waals surface area contributed by atoms with Crippen molar-refractivity contribution in [2.75, 3.05) is 39.4 Å². The Morgan fingerprint density at radius 3 is 2.81 bits per heavy atom. The van der Waals surface area contributed by atoms with E-state index in [9.17, 15) is 13.2 Å². The zero-order chi connectivity index (χ0) is 12.0. The molecule has 1 saturated heterocycles. The number of alkyl halides is 3. The van der Waals surface area contributed by atoms with Gasteiger partial charge in [0.25, 0.3) is 0 Å². The first-order chi connectivity index (χ1) is 7.47. The fraction of sp³-hybridized carbons (Fsp3) is 1.00. The highest BCUT2D eigenvalue weighted by molar-refractivity contribution is 4.71. The predicted molar refractivity (Wildman–Crippen MR) is 55.4 cm³/mol. The standard InChI is InChI=1S/C10H19F3N2O/c1-9-2-4-15(5-3-14-9)6-7-16-8-10(11,12)13/h9,14H,2-8H2,1H3. The van der Waals surface area contributed by atoms with Crippen LogP contribution in [0.2, 0.25) is 0 Å². The molecule has 0 saturated carbocycles. The van der Waals surface area contributed by atoms with E-state index in [1.165, 1.54) is 0 Å². The molecular weight excluding hydrogens is 221 g/mol. The van der Waals surface area contributed by atoms with E-state index in [0.717, 1.165) is 26.1 Å². The lowest BCUT2D eigenvalue weighted by Crippen LogP contribution is -2.32. The van der Waals surface area contributed by atoms with Gasteiger partial charge in [0.15, 0.2) is 0 Å². The third kappa shape index (κ3) is 6.30. The molecule has 0 aliphatic carbocycles. The van der Waals surface area contributed by atoms with Crippen molar-refractivity contribution in [1.29, 1.82) is 0 Å². The molecule has 6 heteroatoms. The molecule has 16 heavy (non-hydrogen) atoms. The molecule has 0 amide bonds. The van der Waals surface area contributed by atoms with Crippen LogP contribution in [0.15, 0.2) is 0 Å². The highest BCUT2D eigenvalue weighted by Crippen LogP contribution is 2.14. The molecule has 0 radical (unpaired) electrons. The van der Waals surface area contributed by atoms with Crippen molar-refractivity contribution in [1.82, 2.24) is 10.2 Å². The van der Waals surface area contributed by atoms with Crippen molar-refractivity contribution in [3.05, 3.63) is 0 Å². The number of halogens is 3. The lowest BCUT2D eigenvalue weighted by Gasteiger charge is -2.19. The van der Waals surface area contributed by atoms with E-state index in [2.05, 4.69) is 21.9 Å². The van der Waals surface area contributed by atoms with Crippen LogP contribution < -0.4 is 5.32 Å². The summed E-state index contributed by atoms with van der Waals surface area (Å²) in [5.74, 6) is 0. The van der Waals surface area contributed by atoms with E-state index >= 15 is 0 Å². The third-order valence-corrected chi connectivity index (χ3v) is 2.62. The largest absolute Gasteiger partial charge is 0.411 e. The van der Waals surface area contributed by atoms with Gasteiger partial charge in [-0.1, -0.05) is 0 Å². The Hall–Kier alpha value is -0.330.